The van der Waals surface area contributed by atoms with E-state index in [1.165, 1.54) is 7.11 Å². The fraction of sp³-hybridized carbons (Fsp3) is 0.154. The zero-order chi connectivity index (χ0) is 11.5. The molecule has 0 aliphatic heterocycles. The number of ether oxygens (including phenoxy) is 1. The average molecular weight is 216 g/mol. The Bertz CT molecular complexity index is 532. The first-order chi connectivity index (χ1) is 7.70. The van der Waals surface area contributed by atoms with Gasteiger partial charge in [-0.05, 0) is 22.9 Å². The molecule has 0 aliphatic carbocycles. The van der Waals surface area contributed by atoms with Crippen molar-refractivity contribution >= 4 is 16.7 Å². The van der Waals surface area contributed by atoms with Gasteiger partial charge in [0.2, 0.25) is 0 Å². The Morgan fingerprint density at radius 2 is 1.88 bits per heavy atom. The van der Waals surface area contributed by atoms with E-state index in [4.69, 9.17) is 0 Å². The third-order valence-electron chi connectivity index (χ3n) is 2.51. The molecule has 82 valence electrons. The van der Waals surface area contributed by atoms with Gasteiger partial charge in [0.25, 0.3) is 0 Å². The first kappa shape index (κ1) is 10.5. The summed E-state index contributed by atoms with van der Waals surface area (Å²) in [7, 11) is 1.33. The largest absolute Gasteiger partial charge is 0.508 e. The molecule has 0 radical (unpaired) electrons. The SMILES string of the molecule is COC(=O)Cc1cc2ccccc2cc1O. The van der Waals surface area contributed by atoms with E-state index in [2.05, 4.69) is 4.74 Å². The summed E-state index contributed by atoms with van der Waals surface area (Å²) in [5.74, 6) is -0.227. The lowest BCUT2D eigenvalue weighted by molar-refractivity contribution is -0.139. The number of rotatable bonds is 2. The fourth-order valence-electron chi connectivity index (χ4n) is 1.64. The third kappa shape index (κ3) is 1.98. The number of carbonyl (C=O) groups is 1. The summed E-state index contributed by atoms with van der Waals surface area (Å²) >= 11 is 0. The summed E-state index contributed by atoms with van der Waals surface area (Å²) in [6.45, 7) is 0. The summed E-state index contributed by atoms with van der Waals surface area (Å²) in [6, 6.07) is 11.1. The Hall–Kier alpha value is -2.03. The summed E-state index contributed by atoms with van der Waals surface area (Å²) < 4.78 is 4.57. The van der Waals surface area contributed by atoms with Gasteiger partial charge < -0.3 is 9.84 Å². The third-order valence-corrected chi connectivity index (χ3v) is 2.51. The molecule has 3 nitrogen and oxygen atoms in total. The van der Waals surface area contributed by atoms with Crippen LogP contribution in [0.3, 0.4) is 0 Å². The number of phenolic OH excluding ortho intramolecular Hbond substituents is 1. The standard InChI is InChI=1S/C13H12O3/c1-16-13(15)8-11-6-9-4-2-3-5-10(9)7-12(11)14/h2-7,14H,8H2,1H3. The molecule has 0 spiro atoms. The molecule has 0 saturated heterocycles. The van der Waals surface area contributed by atoms with Crippen molar-refractivity contribution in [3.63, 3.8) is 0 Å². The molecule has 2 aromatic carbocycles. The Morgan fingerprint density at radius 3 is 2.50 bits per heavy atom. The van der Waals surface area contributed by atoms with Gasteiger partial charge in [0.05, 0.1) is 13.5 Å². The van der Waals surface area contributed by atoms with Crippen LogP contribution in [0.4, 0.5) is 0 Å². The van der Waals surface area contributed by atoms with Crippen molar-refractivity contribution in [2.75, 3.05) is 7.11 Å². The predicted octanol–water partition coefficient (Wildman–Crippen LogP) is 2.26. The van der Waals surface area contributed by atoms with E-state index in [1.807, 2.05) is 30.3 Å². The minimum absolute atomic E-state index is 0.0904. The molecule has 2 aromatic rings. The van der Waals surface area contributed by atoms with Crippen molar-refractivity contribution in [1.29, 1.82) is 0 Å². The second-order valence-electron chi connectivity index (χ2n) is 3.58. The molecule has 0 unspecified atom stereocenters. The number of carbonyl (C=O) groups excluding carboxylic acids is 1. The van der Waals surface area contributed by atoms with Crippen LogP contribution in [0.5, 0.6) is 5.75 Å². The molecule has 16 heavy (non-hydrogen) atoms. The first-order valence-electron chi connectivity index (χ1n) is 4.98. The highest BCUT2D eigenvalue weighted by atomic mass is 16.5. The molecule has 0 atom stereocenters. The second kappa shape index (κ2) is 4.23. The highest BCUT2D eigenvalue weighted by Crippen LogP contribution is 2.25. The molecule has 3 heteroatoms. The van der Waals surface area contributed by atoms with Crippen LogP contribution >= 0.6 is 0 Å². The van der Waals surface area contributed by atoms with Gasteiger partial charge in [-0.3, -0.25) is 4.79 Å². The van der Waals surface area contributed by atoms with Crippen LogP contribution in [-0.2, 0) is 16.0 Å². The molecule has 0 aliphatic rings. The summed E-state index contributed by atoms with van der Waals surface area (Å²) in [5, 5.41) is 11.7. The van der Waals surface area contributed by atoms with Crippen molar-refractivity contribution in [3.8, 4) is 5.75 Å². The molecule has 0 aromatic heterocycles. The van der Waals surface area contributed by atoms with Crippen molar-refractivity contribution in [2.45, 2.75) is 6.42 Å². The normalized spacial score (nSPS) is 10.3. The van der Waals surface area contributed by atoms with Crippen LogP contribution in [0.1, 0.15) is 5.56 Å². The summed E-state index contributed by atoms with van der Waals surface area (Å²) in [6.07, 6.45) is 0.0904. The monoisotopic (exact) mass is 216 g/mol. The van der Waals surface area contributed by atoms with Crippen LogP contribution in [0.25, 0.3) is 10.8 Å². The van der Waals surface area contributed by atoms with Gasteiger partial charge in [0.1, 0.15) is 5.75 Å². The maximum absolute atomic E-state index is 11.1. The molecular weight excluding hydrogens is 204 g/mol. The average Bonchev–Trinajstić information content (AvgIpc) is 2.30. The number of aromatic hydroxyl groups is 1. The molecule has 0 fully saturated rings. The van der Waals surface area contributed by atoms with Crippen LogP contribution in [0, 0.1) is 0 Å². The van der Waals surface area contributed by atoms with Crippen LogP contribution in [0.15, 0.2) is 36.4 Å². The lowest BCUT2D eigenvalue weighted by Gasteiger charge is -2.05. The quantitative estimate of drug-likeness (QED) is 0.783. The maximum Gasteiger partial charge on any atom is 0.310 e. The fourth-order valence-corrected chi connectivity index (χ4v) is 1.64. The minimum Gasteiger partial charge on any atom is -0.508 e. The Kier molecular flexibility index (Phi) is 2.77. The number of methoxy groups -OCH3 is 1. The van der Waals surface area contributed by atoms with Crippen molar-refractivity contribution in [2.24, 2.45) is 0 Å². The number of phenols is 1. The van der Waals surface area contributed by atoms with Crippen molar-refractivity contribution in [1.82, 2.24) is 0 Å². The van der Waals surface area contributed by atoms with Crippen LogP contribution < -0.4 is 0 Å². The van der Waals surface area contributed by atoms with E-state index in [0.717, 1.165) is 10.8 Å². The first-order valence-corrected chi connectivity index (χ1v) is 4.98. The maximum atomic E-state index is 11.1. The van der Waals surface area contributed by atoms with Crippen molar-refractivity contribution < 1.29 is 14.6 Å². The van der Waals surface area contributed by atoms with Gasteiger partial charge in [-0.2, -0.15) is 0 Å². The van der Waals surface area contributed by atoms with Gasteiger partial charge in [-0.15, -0.1) is 0 Å². The molecular formula is C13H12O3. The number of benzene rings is 2. The molecule has 0 bridgehead atoms. The zero-order valence-corrected chi connectivity index (χ0v) is 8.93. The summed E-state index contributed by atoms with van der Waals surface area (Å²) in [5.41, 5.74) is 0.588. The highest BCUT2D eigenvalue weighted by Gasteiger charge is 2.08. The van der Waals surface area contributed by atoms with Gasteiger partial charge in [-0.25, -0.2) is 0 Å². The zero-order valence-electron chi connectivity index (χ0n) is 8.93. The number of hydrogen-bond donors (Lipinski definition) is 1. The minimum atomic E-state index is -0.356. The predicted molar refractivity (Wildman–Crippen MR) is 61.3 cm³/mol. The van der Waals surface area contributed by atoms with E-state index in [-0.39, 0.29) is 18.1 Å². The van der Waals surface area contributed by atoms with Gasteiger partial charge in [-0.1, -0.05) is 24.3 Å². The van der Waals surface area contributed by atoms with Gasteiger partial charge >= 0.3 is 5.97 Å². The molecule has 0 heterocycles. The Balaban J connectivity index is 2.46. The van der Waals surface area contributed by atoms with E-state index in [0.29, 0.717) is 5.56 Å². The molecule has 0 saturated carbocycles. The summed E-state index contributed by atoms with van der Waals surface area (Å²) in [4.78, 5) is 11.1. The molecule has 0 amide bonds. The number of hydrogen-bond acceptors (Lipinski definition) is 3. The van der Waals surface area contributed by atoms with E-state index in [1.54, 1.807) is 6.07 Å². The smallest absolute Gasteiger partial charge is 0.310 e. The lowest BCUT2D eigenvalue weighted by atomic mass is 10.0. The van der Waals surface area contributed by atoms with E-state index in [9.17, 15) is 9.90 Å². The lowest BCUT2D eigenvalue weighted by Crippen LogP contribution is -2.04. The number of fused-ring (bicyclic) bond motifs is 1. The van der Waals surface area contributed by atoms with Crippen LogP contribution in [-0.4, -0.2) is 18.2 Å². The molecule has 1 N–H and O–H groups in total. The topological polar surface area (TPSA) is 46.5 Å². The van der Waals surface area contributed by atoms with E-state index < -0.39 is 0 Å². The Labute approximate surface area is 93.3 Å². The van der Waals surface area contributed by atoms with Gasteiger partial charge in [0.15, 0.2) is 0 Å². The number of esters is 1. The second-order valence-corrected chi connectivity index (χ2v) is 3.58. The highest BCUT2D eigenvalue weighted by molar-refractivity contribution is 5.86. The van der Waals surface area contributed by atoms with Crippen molar-refractivity contribution in [3.05, 3.63) is 42.0 Å². The Morgan fingerprint density at radius 1 is 1.25 bits per heavy atom. The van der Waals surface area contributed by atoms with E-state index >= 15 is 0 Å². The molecule has 2 rings (SSSR count). The van der Waals surface area contributed by atoms with Crippen LogP contribution in [0.2, 0.25) is 0 Å². The van der Waals surface area contributed by atoms with Gasteiger partial charge in [0, 0.05) is 5.56 Å².